The minimum atomic E-state index is -0.162. The molecule has 0 saturated heterocycles. The molecule has 0 N–H and O–H groups in total. The monoisotopic (exact) mass is 342 g/mol. The summed E-state index contributed by atoms with van der Waals surface area (Å²) in [4.78, 5) is 0. The Balaban J connectivity index is 0.000000188. The van der Waals surface area contributed by atoms with Crippen LogP contribution < -0.4 is 4.74 Å². The zero-order chi connectivity index (χ0) is 18.7. The van der Waals surface area contributed by atoms with Crippen LogP contribution >= 0.6 is 0 Å². The van der Waals surface area contributed by atoms with Crippen LogP contribution in [0.4, 0.5) is 8.78 Å². The van der Waals surface area contributed by atoms with Gasteiger partial charge in [0.15, 0.2) is 0 Å². The first kappa shape index (κ1) is 20.4. The molecule has 3 aromatic carbocycles. The van der Waals surface area contributed by atoms with Crippen LogP contribution in [0.2, 0.25) is 0 Å². The minimum Gasteiger partial charge on any atom is -0.497 e. The van der Waals surface area contributed by atoms with Crippen molar-refractivity contribution in [3.05, 3.63) is 101 Å². The molecule has 0 aliphatic heterocycles. The van der Waals surface area contributed by atoms with E-state index >= 15 is 0 Å². The van der Waals surface area contributed by atoms with E-state index in [2.05, 4.69) is 6.92 Å². The molecule has 1 nitrogen and oxygen atoms in total. The molecule has 0 aliphatic carbocycles. The first-order chi connectivity index (χ1) is 11.9. The maximum atomic E-state index is 12.3. The van der Waals surface area contributed by atoms with Gasteiger partial charge >= 0.3 is 0 Å². The Morgan fingerprint density at radius 1 is 0.680 bits per heavy atom. The Hall–Kier alpha value is -2.68. The molecule has 0 spiro atoms. The van der Waals surface area contributed by atoms with Gasteiger partial charge in [-0.25, -0.2) is 8.78 Å². The fourth-order valence-electron chi connectivity index (χ4n) is 1.83. The Morgan fingerprint density at radius 2 is 1.32 bits per heavy atom. The van der Waals surface area contributed by atoms with E-state index in [1.165, 1.54) is 23.8 Å². The molecule has 0 unspecified atom stereocenters. The Bertz CT molecular complexity index is 714. The molecule has 0 radical (unpaired) electrons. The highest BCUT2D eigenvalue weighted by Gasteiger charge is 1.89. The van der Waals surface area contributed by atoms with Gasteiger partial charge in [-0.1, -0.05) is 48.0 Å². The summed E-state index contributed by atoms with van der Waals surface area (Å²) in [6.45, 7) is 5.66. The summed E-state index contributed by atoms with van der Waals surface area (Å²) in [7, 11) is 1.67. The summed E-state index contributed by atoms with van der Waals surface area (Å²) in [5.74, 6) is 0.623. The van der Waals surface area contributed by atoms with Gasteiger partial charge in [-0.15, -0.1) is 0 Å². The Kier molecular flexibility index (Phi) is 8.94. The third-order valence-corrected chi connectivity index (χ3v) is 3.31. The lowest BCUT2D eigenvalue weighted by Gasteiger charge is -1.97. The summed E-state index contributed by atoms with van der Waals surface area (Å²) in [6.07, 6.45) is 0. The van der Waals surface area contributed by atoms with Crippen molar-refractivity contribution < 1.29 is 13.5 Å². The van der Waals surface area contributed by atoms with Crippen molar-refractivity contribution in [1.29, 1.82) is 0 Å². The SMILES string of the molecule is COc1ccc(C)cc1.Cc1cccc(F)c1.Cc1ccccc1F. The highest BCUT2D eigenvalue weighted by atomic mass is 19.1. The van der Waals surface area contributed by atoms with E-state index < -0.39 is 0 Å². The van der Waals surface area contributed by atoms with E-state index in [9.17, 15) is 8.78 Å². The van der Waals surface area contributed by atoms with Gasteiger partial charge in [0, 0.05) is 0 Å². The van der Waals surface area contributed by atoms with Crippen molar-refractivity contribution in [2.75, 3.05) is 7.11 Å². The second-order valence-electron chi connectivity index (χ2n) is 5.57. The molecule has 0 aromatic heterocycles. The summed E-state index contributed by atoms with van der Waals surface area (Å²) < 4.78 is 29.5. The van der Waals surface area contributed by atoms with Crippen molar-refractivity contribution in [3.63, 3.8) is 0 Å². The normalized spacial score (nSPS) is 9.20. The van der Waals surface area contributed by atoms with Gasteiger partial charge in [0.2, 0.25) is 0 Å². The fraction of sp³-hybridized carbons (Fsp3) is 0.182. The lowest BCUT2D eigenvalue weighted by molar-refractivity contribution is 0.414. The first-order valence-corrected chi connectivity index (χ1v) is 7.96. The first-order valence-electron chi connectivity index (χ1n) is 7.96. The van der Waals surface area contributed by atoms with Gasteiger partial charge in [-0.05, 0) is 62.2 Å². The van der Waals surface area contributed by atoms with Crippen LogP contribution in [0.15, 0.2) is 72.8 Å². The number of hydrogen-bond acceptors (Lipinski definition) is 1. The smallest absolute Gasteiger partial charge is 0.126 e. The van der Waals surface area contributed by atoms with Crippen LogP contribution in [0.3, 0.4) is 0 Å². The molecular formula is C22H24F2O. The summed E-state index contributed by atoms with van der Waals surface area (Å²) in [5, 5.41) is 0. The van der Waals surface area contributed by atoms with Crippen LogP contribution in [0, 0.1) is 32.4 Å². The number of aryl methyl sites for hydroxylation is 3. The third-order valence-electron chi connectivity index (χ3n) is 3.31. The van der Waals surface area contributed by atoms with Gasteiger partial charge < -0.3 is 4.74 Å². The molecule has 0 fully saturated rings. The van der Waals surface area contributed by atoms with E-state index in [0.29, 0.717) is 5.56 Å². The Labute approximate surface area is 148 Å². The molecule has 3 aromatic rings. The molecule has 0 bridgehead atoms. The van der Waals surface area contributed by atoms with E-state index in [0.717, 1.165) is 11.3 Å². The molecule has 132 valence electrons. The number of rotatable bonds is 1. The lowest BCUT2D eigenvalue weighted by Crippen LogP contribution is -1.80. The van der Waals surface area contributed by atoms with Gasteiger partial charge in [-0.2, -0.15) is 0 Å². The van der Waals surface area contributed by atoms with Crippen LogP contribution in [0.1, 0.15) is 16.7 Å². The van der Waals surface area contributed by atoms with Crippen LogP contribution in [0.5, 0.6) is 5.75 Å². The number of halogens is 2. The highest BCUT2D eigenvalue weighted by Crippen LogP contribution is 2.09. The highest BCUT2D eigenvalue weighted by molar-refractivity contribution is 5.25. The van der Waals surface area contributed by atoms with Crippen LogP contribution in [0.25, 0.3) is 0 Å². The molecule has 25 heavy (non-hydrogen) atoms. The van der Waals surface area contributed by atoms with Crippen LogP contribution in [-0.2, 0) is 0 Å². The average molecular weight is 342 g/mol. The molecule has 3 rings (SSSR count). The molecule has 3 heteroatoms. The van der Waals surface area contributed by atoms with Crippen molar-refractivity contribution in [3.8, 4) is 5.75 Å². The number of benzene rings is 3. The number of methoxy groups -OCH3 is 1. The standard InChI is InChI=1S/C8H10O.2C7H7F/c1-7-3-5-8(9-2)6-4-7;1-6-3-2-4-7(8)5-6;1-6-4-2-3-5-7(6)8/h3-6H,1-2H3;2*2-5H,1H3. The largest absolute Gasteiger partial charge is 0.497 e. The second-order valence-corrected chi connectivity index (χ2v) is 5.57. The van der Waals surface area contributed by atoms with Crippen molar-refractivity contribution in [2.24, 2.45) is 0 Å². The minimum absolute atomic E-state index is 0.132. The van der Waals surface area contributed by atoms with Crippen molar-refractivity contribution in [2.45, 2.75) is 20.8 Å². The van der Waals surface area contributed by atoms with E-state index in [1.54, 1.807) is 32.2 Å². The molecule has 0 heterocycles. The summed E-state index contributed by atoms with van der Waals surface area (Å²) in [6, 6.07) is 21.2. The van der Waals surface area contributed by atoms with Gasteiger partial charge in [-0.3, -0.25) is 0 Å². The lowest BCUT2D eigenvalue weighted by atomic mass is 10.2. The second kappa shape index (κ2) is 11.0. The fourth-order valence-corrected chi connectivity index (χ4v) is 1.83. The Morgan fingerprint density at radius 3 is 1.72 bits per heavy atom. The van der Waals surface area contributed by atoms with Gasteiger partial charge in [0.05, 0.1) is 7.11 Å². The van der Waals surface area contributed by atoms with Gasteiger partial charge in [0.25, 0.3) is 0 Å². The summed E-state index contributed by atoms with van der Waals surface area (Å²) in [5.41, 5.74) is 2.92. The molecule has 0 atom stereocenters. The quantitative estimate of drug-likeness (QED) is 0.506. The maximum absolute atomic E-state index is 12.3. The van der Waals surface area contributed by atoms with Crippen molar-refractivity contribution >= 4 is 0 Å². The van der Waals surface area contributed by atoms with Crippen LogP contribution in [-0.4, -0.2) is 7.11 Å². The molecule has 0 saturated carbocycles. The van der Waals surface area contributed by atoms with E-state index in [1.807, 2.05) is 43.3 Å². The summed E-state index contributed by atoms with van der Waals surface area (Å²) >= 11 is 0. The molecule has 0 aliphatic rings. The zero-order valence-electron chi connectivity index (χ0n) is 15.1. The molecular weight excluding hydrogens is 318 g/mol. The van der Waals surface area contributed by atoms with Crippen molar-refractivity contribution in [1.82, 2.24) is 0 Å². The average Bonchev–Trinajstić information content (AvgIpc) is 2.59. The predicted molar refractivity (Wildman–Crippen MR) is 100 cm³/mol. The molecule has 0 amide bonds. The van der Waals surface area contributed by atoms with Gasteiger partial charge in [0.1, 0.15) is 17.4 Å². The zero-order valence-corrected chi connectivity index (χ0v) is 15.1. The topological polar surface area (TPSA) is 9.23 Å². The number of hydrogen-bond donors (Lipinski definition) is 0. The third kappa shape index (κ3) is 8.66. The van der Waals surface area contributed by atoms with E-state index in [4.69, 9.17) is 4.74 Å². The predicted octanol–water partition coefficient (Wildman–Crippen LogP) is 6.27. The number of ether oxygens (including phenoxy) is 1. The maximum Gasteiger partial charge on any atom is 0.126 e. The van der Waals surface area contributed by atoms with E-state index in [-0.39, 0.29) is 11.6 Å².